The van der Waals surface area contributed by atoms with E-state index in [4.69, 9.17) is 17.3 Å². The zero-order valence-corrected chi connectivity index (χ0v) is 13.9. The lowest BCUT2D eigenvalue weighted by molar-refractivity contribution is 0.575. The maximum atomic E-state index is 12.6. The minimum absolute atomic E-state index is 0.0648. The quantitative estimate of drug-likeness (QED) is 0.829. The fraction of sp³-hybridized carbons (Fsp3) is 0.182. The number of nitrogens with zero attached hydrogens (tertiary/aromatic N) is 3. The zero-order valence-electron chi connectivity index (χ0n) is 10.7. The summed E-state index contributed by atoms with van der Waals surface area (Å²) < 4.78 is 28.2. The third-order valence-corrected chi connectivity index (χ3v) is 5.55. The Morgan fingerprint density at radius 1 is 1.45 bits per heavy atom. The molecule has 2 rings (SSSR count). The Bertz CT molecular complexity index is 740. The van der Waals surface area contributed by atoms with Gasteiger partial charge in [-0.25, -0.2) is 0 Å². The summed E-state index contributed by atoms with van der Waals surface area (Å²) in [5.41, 5.74) is 6.56. The van der Waals surface area contributed by atoms with E-state index >= 15 is 0 Å². The summed E-state index contributed by atoms with van der Waals surface area (Å²) in [6.45, 7) is 0. The van der Waals surface area contributed by atoms with Gasteiger partial charge < -0.3 is 5.73 Å². The van der Waals surface area contributed by atoms with Gasteiger partial charge in [0.1, 0.15) is 0 Å². The van der Waals surface area contributed by atoms with E-state index in [1.807, 2.05) is 0 Å². The Morgan fingerprint density at radius 2 is 2.10 bits per heavy atom. The normalized spacial score (nSPS) is 11.6. The molecule has 1 heterocycles. The van der Waals surface area contributed by atoms with Crippen LogP contribution in [0.1, 0.15) is 0 Å². The Hall–Kier alpha value is -1.25. The lowest BCUT2D eigenvalue weighted by Gasteiger charge is -2.21. The van der Waals surface area contributed by atoms with Crippen LogP contribution in [0.2, 0.25) is 5.02 Å². The third kappa shape index (κ3) is 2.50. The maximum absolute atomic E-state index is 12.6. The summed E-state index contributed by atoms with van der Waals surface area (Å²) in [6.07, 6.45) is 1.28. The van der Waals surface area contributed by atoms with E-state index in [0.29, 0.717) is 11.4 Å². The Labute approximate surface area is 130 Å². The fourth-order valence-electron chi connectivity index (χ4n) is 1.76. The summed E-state index contributed by atoms with van der Waals surface area (Å²) in [5.74, 6) is 0. The Balaban J connectivity index is 2.55. The van der Waals surface area contributed by atoms with Crippen LogP contribution < -0.4 is 10.0 Å². The molecule has 0 aliphatic carbocycles. The molecule has 0 amide bonds. The van der Waals surface area contributed by atoms with Crippen molar-refractivity contribution >= 4 is 48.9 Å². The fourth-order valence-corrected chi connectivity index (χ4v) is 3.96. The first-order valence-electron chi connectivity index (χ1n) is 5.46. The first-order valence-corrected chi connectivity index (χ1v) is 8.07. The molecule has 0 aliphatic rings. The highest BCUT2D eigenvalue weighted by Gasteiger charge is 2.28. The molecule has 0 radical (unpaired) electrons. The number of hydrogen-bond acceptors (Lipinski definition) is 4. The van der Waals surface area contributed by atoms with Crippen molar-refractivity contribution in [2.24, 2.45) is 7.05 Å². The number of hydrogen-bond donors (Lipinski definition) is 1. The molecule has 2 aromatic rings. The molecule has 0 bridgehead atoms. The summed E-state index contributed by atoms with van der Waals surface area (Å²) in [5, 5.41) is 3.82. The first kappa shape index (κ1) is 15.1. The van der Waals surface area contributed by atoms with Gasteiger partial charge in [-0.2, -0.15) is 13.5 Å². The number of benzene rings is 1. The van der Waals surface area contributed by atoms with Gasteiger partial charge in [-0.05, 0) is 18.2 Å². The highest BCUT2D eigenvalue weighted by Crippen LogP contribution is 2.31. The van der Waals surface area contributed by atoms with Crippen molar-refractivity contribution < 1.29 is 8.42 Å². The molecular formula is C11H12BrClN4O2S. The van der Waals surface area contributed by atoms with E-state index < -0.39 is 10.0 Å². The van der Waals surface area contributed by atoms with Gasteiger partial charge in [-0.15, -0.1) is 0 Å². The van der Waals surface area contributed by atoms with Crippen LogP contribution in [0, 0.1) is 0 Å². The molecule has 0 fully saturated rings. The number of anilines is 2. The van der Waals surface area contributed by atoms with Gasteiger partial charge in [0.15, 0.2) is 5.03 Å². The summed E-state index contributed by atoms with van der Waals surface area (Å²) in [4.78, 5) is 0. The lowest BCUT2D eigenvalue weighted by atomic mass is 10.3. The van der Waals surface area contributed by atoms with E-state index in [1.54, 1.807) is 18.2 Å². The molecule has 1 aromatic carbocycles. The van der Waals surface area contributed by atoms with Crippen molar-refractivity contribution in [2.45, 2.75) is 5.03 Å². The number of aromatic nitrogens is 2. The number of sulfonamides is 1. The van der Waals surface area contributed by atoms with Crippen molar-refractivity contribution in [3.8, 4) is 0 Å². The van der Waals surface area contributed by atoms with Crippen molar-refractivity contribution in [3.63, 3.8) is 0 Å². The van der Waals surface area contributed by atoms with Crippen LogP contribution in [0.15, 0.2) is 33.9 Å². The number of nitrogen functional groups attached to an aromatic ring is 1. The molecule has 0 saturated heterocycles. The van der Waals surface area contributed by atoms with Gasteiger partial charge in [-0.3, -0.25) is 8.99 Å². The van der Waals surface area contributed by atoms with Gasteiger partial charge in [-0.1, -0.05) is 27.5 Å². The second-order valence-corrected chi connectivity index (χ2v) is 7.30. The molecule has 1 aromatic heterocycles. The van der Waals surface area contributed by atoms with Crippen molar-refractivity contribution in [2.75, 3.05) is 17.1 Å². The van der Waals surface area contributed by atoms with Gasteiger partial charge in [0.05, 0.1) is 22.6 Å². The summed E-state index contributed by atoms with van der Waals surface area (Å²) in [7, 11) is -0.912. The Kier molecular flexibility index (Phi) is 3.99. The number of rotatable bonds is 3. The van der Waals surface area contributed by atoms with Crippen LogP contribution in [-0.2, 0) is 17.1 Å². The molecule has 0 spiro atoms. The second-order valence-electron chi connectivity index (χ2n) is 4.10. The van der Waals surface area contributed by atoms with Gasteiger partial charge in [0.25, 0.3) is 10.0 Å². The monoisotopic (exact) mass is 378 g/mol. The van der Waals surface area contributed by atoms with Gasteiger partial charge in [0, 0.05) is 18.6 Å². The first-order chi connectivity index (χ1) is 9.25. The molecule has 0 atom stereocenters. The zero-order chi connectivity index (χ0) is 15.1. The van der Waals surface area contributed by atoms with Gasteiger partial charge in [0.2, 0.25) is 0 Å². The van der Waals surface area contributed by atoms with Crippen LogP contribution >= 0.6 is 27.5 Å². The SMILES string of the molecule is CN(c1ccc(Br)cc1N)S(=O)(=O)c1c(Cl)cnn1C. The molecule has 108 valence electrons. The number of nitrogens with two attached hydrogens (primary N) is 1. The predicted octanol–water partition coefficient (Wildman–Crippen LogP) is 2.24. The molecule has 0 unspecified atom stereocenters. The minimum Gasteiger partial charge on any atom is -0.397 e. The van der Waals surface area contributed by atoms with Crippen molar-refractivity contribution in [3.05, 3.63) is 33.9 Å². The van der Waals surface area contributed by atoms with E-state index in [2.05, 4.69) is 21.0 Å². The lowest BCUT2D eigenvalue weighted by Crippen LogP contribution is -2.29. The van der Waals surface area contributed by atoms with Crippen molar-refractivity contribution in [1.82, 2.24) is 9.78 Å². The van der Waals surface area contributed by atoms with Crippen LogP contribution in [0.25, 0.3) is 0 Å². The maximum Gasteiger partial charge on any atom is 0.282 e. The third-order valence-electron chi connectivity index (χ3n) is 2.78. The average molecular weight is 380 g/mol. The van der Waals surface area contributed by atoms with Crippen LogP contribution in [0.3, 0.4) is 0 Å². The molecule has 6 nitrogen and oxygen atoms in total. The highest BCUT2D eigenvalue weighted by molar-refractivity contribution is 9.10. The number of aryl methyl sites for hydroxylation is 1. The standard InChI is InChI=1S/C11H12BrClN4O2S/c1-16-11(8(13)6-15-16)20(18,19)17(2)10-4-3-7(12)5-9(10)14/h3-6H,14H2,1-2H3. The van der Waals surface area contributed by atoms with Crippen molar-refractivity contribution in [1.29, 1.82) is 0 Å². The largest absolute Gasteiger partial charge is 0.397 e. The van der Waals surface area contributed by atoms with Crippen LogP contribution in [0.4, 0.5) is 11.4 Å². The van der Waals surface area contributed by atoms with Crippen LogP contribution in [-0.4, -0.2) is 25.2 Å². The molecule has 2 N–H and O–H groups in total. The molecular weight excluding hydrogens is 368 g/mol. The average Bonchev–Trinajstić information content (AvgIpc) is 2.68. The second kappa shape index (κ2) is 5.27. The summed E-state index contributed by atoms with van der Waals surface area (Å²) >= 11 is 9.17. The molecule has 0 aliphatic heterocycles. The molecule has 20 heavy (non-hydrogen) atoms. The highest BCUT2D eigenvalue weighted by atomic mass is 79.9. The van der Waals surface area contributed by atoms with E-state index in [9.17, 15) is 8.42 Å². The predicted molar refractivity (Wildman–Crippen MR) is 82.4 cm³/mol. The van der Waals surface area contributed by atoms with Crippen LogP contribution in [0.5, 0.6) is 0 Å². The number of halogens is 2. The minimum atomic E-state index is -3.84. The van der Waals surface area contributed by atoms with Gasteiger partial charge >= 0.3 is 0 Å². The molecule has 0 saturated carbocycles. The molecule has 9 heteroatoms. The topological polar surface area (TPSA) is 81.2 Å². The van der Waals surface area contributed by atoms with E-state index in [1.165, 1.54) is 25.0 Å². The Morgan fingerprint density at radius 3 is 2.60 bits per heavy atom. The summed E-state index contributed by atoms with van der Waals surface area (Å²) in [6, 6.07) is 4.95. The van der Waals surface area contributed by atoms with E-state index in [0.717, 1.165) is 8.78 Å². The van der Waals surface area contributed by atoms with E-state index in [-0.39, 0.29) is 10.0 Å². The smallest absolute Gasteiger partial charge is 0.282 e.